The molecule has 8 heteroatoms. The number of amides is 2. The first-order valence-corrected chi connectivity index (χ1v) is 7.18. The number of carbonyl (C=O) groups is 2. The maximum absolute atomic E-state index is 12.1. The molecule has 1 N–H and O–H groups in total. The van der Waals surface area contributed by atoms with E-state index >= 15 is 0 Å². The zero-order chi connectivity index (χ0) is 16.8. The normalized spacial score (nSPS) is 11.6. The second kappa shape index (κ2) is 7.39. The number of nitrogens with one attached hydrogen (secondary N) is 1. The molecule has 1 atom stereocenters. The van der Waals surface area contributed by atoms with Gasteiger partial charge in [0, 0.05) is 18.4 Å². The van der Waals surface area contributed by atoms with E-state index in [9.17, 15) is 9.59 Å². The Morgan fingerprint density at radius 2 is 2.04 bits per heavy atom. The average Bonchev–Trinajstić information content (AvgIpc) is 3.08. The summed E-state index contributed by atoms with van der Waals surface area (Å²) in [7, 11) is 1.62. The van der Waals surface area contributed by atoms with Crippen LogP contribution in [0.15, 0.2) is 36.9 Å². The minimum atomic E-state index is -0.473. The number of nitrogens with zero attached hydrogens (tertiary/aromatic N) is 4. The third-order valence-corrected chi connectivity index (χ3v) is 3.28. The Hall–Kier alpha value is -2.90. The summed E-state index contributed by atoms with van der Waals surface area (Å²) in [5.74, 6) is -0.206. The van der Waals surface area contributed by atoms with Gasteiger partial charge in [-0.05, 0) is 38.1 Å². The smallest absolute Gasteiger partial charge is 0.413 e. The highest BCUT2D eigenvalue weighted by Gasteiger charge is 2.16. The van der Waals surface area contributed by atoms with Gasteiger partial charge in [-0.25, -0.2) is 14.5 Å². The van der Waals surface area contributed by atoms with Crippen LogP contribution in [0, 0.1) is 0 Å². The Bertz CT molecular complexity index is 654. The van der Waals surface area contributed by atoms with E-state index in [2.05, 4.69) is 15.4 Å². The Kier molecular flexibility index (Phi) is 5.29. The second-order valence-electron chi connectivity index (χ2n) is 4.85. The summed E-state index contributed by atoms with van der Waals surface area (Å²) in [6.45, 7) is 3.80. The van der Waals surface area contributed by atoms with E-state index in [4.69, 9.17) is 4.74 Å². The van der Waals surface area contributed by atoms with Crippen molar-refractivity contribution in [3.63, 3.8) is 0 Å². The summed E-state index contributed by atoms with van der Waals surface area (Å²) in [6.07, 6.45) is 2.44. The lowest BCUT2D eigenvalue weighted by Crippen LogP contribution is -2.27. The molecule has 0 saturated carbocycles. The first-order valence-electron chi connectivity index (χ1n) is 7.18. The van der Waals surface area contributed by atoms with Gasteiger partial charge in [-0.2, -0.15) is 5.10 Å². The van der Waals surface area contributed by atoms with Crippen molar-refractivity contribution in [2.24, 2.45) is 0 Å². The molecule has 0 aliphatic carbocycles. The van der Waals surface area contributed by atoms with Crippen molar-refractivity contribution in [1.82, 2.24) is 14.8 Å². The highest BCUT2D eigenvalue weighted by atomic mass is 16.6. The molecule has 23 heavy (non-hydrogen) atoms. The van der Waals surface area contributed by atoms with Crippen LogP contribution in [-0.2, 0) is 9.53 Å². The average molecular weight is 317 g/mol. The predicted molar refractivity (Wildman–Crippen MR) is 85.2 cm³/mol. The van der Waals surface area contributed by atoms with Crippen LogP contribution in [0.2, 0.25) is 0 Å². The Labute approximate surface area is 134 Å². The van der Waals surface area contributed by atoms with Crippen LogP contribution < -0.4 is 10.2 Å². The number of benzene rings is 1. The molecule has 0 unspecified atom stereocenters. The van der Waals surface area contributed by atoms with Crippen LogP contribution in [0.3, 0.4) is 0 Å². The van der Waals surface area contributed by atoms with E-state index in [-0.39, 0.29) is 5.91 Å². The van der Waals surface area contributed by atoms with Crippen molar-refractivity contribution >= 4 is 23.4 Å². The topological polar surface area (TPSA) is 89.4 Å². The molecule has 2 rings (SSSR count). The molecule has 0 aliphatic rings. The highest BCUT2D eigenvalue weighted by Crippen LogP contribution is 2.18. The van der Waals surface area contributed by atoms with E-state index in [0.29, 0.717) is 18.0 Å². The van der Waals surface area contributed by atoms with Crippen molar-refractivity contribution in [2.45, 2.75) is 19.9 Å². The first-order chi connectivity index (χ1) is 11.0. The van der Waals surface area contributed by atoms with Gasteiger partial charge < -0.3 is 10.1 Å². The summed E-state index contributed by atoms with van der Waals surface area (Å²) in [4.78, 5) is 29.0. The molecular formula is C15H19N5O3. The third kappa shape index (κ3) is 4.06. The monoisotopic (exact) mass is 317 g/mol. The molecule has 1 aromatic heterocycles. The Morgan fingerprint density at radius 1 is 1.35 bits per heavy atom. The molecule has 0 saturated heterocycles. The molecule has 0 fully saturated rings. The number of ether oxygens (including phenoxy) is 1. The van der Waals surface area contributed by atoms with Crippen LogP contribution >= 0.6 is 0 Å². The van der Waals surface area contributed by atoms with E-state index in [1.165, 1.54) is 22.2 Å². The molecule has 0 spiro atoms. The Balaban J connectivity index is 2.00. The predicted octanol–water partition coefficient (Wildman–Crippen LogP) is 2.07. The quantitative estimate of drug-likeness (QED) is 0.912. The van der Waals surface area contributed by atoms with E-state index in [1.54, 1.807) is 45.2 Å². The van der Waals surface area contributed by atoms with E-state index < -0.39 is 12.1 Å². The molecule has 2 aromatic rings. The van der Waals surface area contributed by atoms with Gasteiger partial charge in [0.15, 0.2) is 0 Å². The first kappa shape index (κ1) is 16.5. The summed E-state index contributed by atoms with van der Waals surface area (Å²) in [5.41, 5.74) is 1.30. The number of hydrogen-bond donors (Lipinski definition) is 1. The number of hydrogen-bond acceptors (Lipinski definition) is 5. The molecule has 0 radical (unpaired) electrons. The molecule has 122 valence electrons. The SMILES string of the molecule is CCOC(=O)N(C)c1ccc(NC(=O)[C@@H](C)n2cncn2)cc1. The molecular weight excluding hydrogens is 298 g/mol. The molecule has 2 amide bonds. The molecule has 0 aliphatic heterocycles. The third-order valence-electron chi connectivity index (χ3n) is 3.28. The van der Waals surface area contributed by atoms with Gasteiger partial charge in [0.1, 0.15) is 18.7 Å². The molecule has 1 heterocycles. The van der Waals surface area contributed by atoms with Crippen LogP contribution in [0.1, 0.15) is 19.9 Å². The van der Waals surface area contributed by atoms with Gasteiger partial charge in [-0.3, -0.25) is 9.69 Å². The zero-order valence-electron chi connectivity index (χ0n) is 13.3. The van der Waals surface area contributed by atoms with Gasteiger partial charge in [0.2, 0.25) is 5.91 Å². The number of carbonyl (C=O) groups excluding carboxylic acids is 2. The van der Waals surface area contributed by atoms with Gasteiger partial charge in [0.25, 0.3) is 0 Å². The van der Waals surface area contributed by atoms with Gasteiger partial charge in [0.05, 0.1) is 6.61 Å². The lowest BCUT2D eigenvalue weighted by molar-refractivity contribution is -0.119. The fourth-order valence-corrected chi connectivity index (χ4v) is 1.88. The van der Waals surface area contributed by atoms with Crippen molar-refractivity contribution < 1.29 is 14.3 Å². The van der Waals surface area contributed by atoms with Gasteiger partial charge in [-0.15, -0.1) is 0 Å². The Morgan fingerprint density at radius 3 is 2.61 bits per heavy atom. The lowest BCUT2D eigenvalue weighted by atomic mass is 10.2. The standard InChI is InChI=1S/C15H19N5O3/c1-4-23-15(22)19(3)13-7-5-12(6-8-13)18-14(21)11(2)20-10-16-9-17-20/h5-11H,4H2,1-3H3,(H,18,21)/t11-/m1/s1. The van der Waals surface area contributed by atoms with Gasteiger partial charge >= 0.3 is 6.09 Å². The highest BCUT2D eigenvalue weighted by molar-refractivity contribution is 5.94. The lowest BCUT2D eigenvalue weighted by Gasteiger charge is -2.17. The molecule has 8 nitrogen and oxygen atoms in total. The van der Waals surface area contributed by atoms with Crippen LogP contribution in [0.4, 0.5) is 16.2 Å². The fraction of sp³-hybridized carbons (Fsp3) is 0.333. The molecule has 0 bridgehead atoms. The van der Waals surface area contributed by atoms with Crippen molar-refractivity contribution in [1.29, 1.82) is 0 Å². The van der Waals surface area contributed by atoms with E-state index in [0.717, 1.165) is 0 Å². The van der Waals surface area contributed by atoms with Crippen LogP contribution in [-0.4, -0.2) is 40.4 Å². The van der Waals surface area contributed by atoms with E-state index in [1.807, 2.05) is 0 Å². The number of anilines is 2. The number of rotatable bonds is 5. The number of aromatic nitrogens is 3. The maximum Gasteiger partial charge on any atom is 0.413 e. The molecule has 1 aromatic carbocycles. The van der Waals surface area contributed by atoms with Crippen molar-refractivity contribution in [3.8, 4) is 0 Å². The summed E-state index contributed by atoms with van der Waals surface area (Å²) in [5, 5.41) is 6.73. The second-order valence-corrected chi connectivity index (χ2v) is 4.85. The maximum atomic E-state index is 12.1. The summed E-state index contributed by atoms with van der Waals surface area (Å²) >= 11 is 0. The van der Waals surface area contributed by atoms with Gasteiger partial charge in [-0.1, -0.05) is 0 Å². The summed E-state index contributed by atoms with van der Waals surface area (Å²) < 4.78 is 6.40. The van der Waals surface area contributed by atoms with Crippen LogP contribution in [0.25, 0.3) is 0 Å². The van der Waals surface area contributed by atoms with Crippen LogP contribution in [0.5, 0.6) is 0 Å². The zero-order valence-corrected chi connectivity index (χ0v) is 13.3. The minimum absolute atomic E-state index is 0.206. The minimum Gasteiger partial charge on any atom is -0.449 e. The summed E-state index contributed by atoms with van der Waals surface area (Å²) in [6, 6.07) is 6.42. The van der Waals surface area contributed by atoms with Crippen molar-refractivity contribution in [3.05, 3.63) is 36.9 Å². The largest absolute Gasteiger partial charge is 0.449 e. The van der Waals surface area contributed by atoms with Crippen molar-refractivity contribution in [2.75, 3.05) is 23.9 Å². The fourth-order valence-electron chi connectivity index (χ4n) is 1.88.